The Kier molecular flexibility index (Phi) is 4.39. The van der Waals surface area contributed by atoms with Crippen LogP contribution < -0.4 is 0 Å². The molecule has 2 aromatic heterocycles. The fourth-order valence-electron chi connectivity index (χ4n) is 2.41. The summed E-state index contributed by atoms with van der Waals surface area (Å²) < 4.78 is 2.93. The van der Waals surface area contributed by atoms with Gasteiger partial charge in [0.25, 0.3) is 0 Å². The molecule has 1 unspecified atom stereocenters. The second kappa shape index (κ2) is 5.70. The van der Waals surface area contributed by atoms with Gasteiger partial charge in [0.05, 0.1) is 16.3 Å². The van der Waals surface area contributed by atoms with Gasteiger partial charge < -0.3 is 4.57 Å². The van der Waals surface area contributed by atoms with Gasteiger partial charge in [-0.15, -0.1) is 22.9 Å². The number of Topliss-reactive ketones (excluding diaryl/α,β-unsaturated/α-hetero) is 1. The lowest BCUT2D eigenvalue weighted by atomic mass is 10.2. The summed E-state index contributed by atoms with van der Waals surface area (Å²) in [5.74, 6) is -0.0128. The first-order chi connectivity index (χ1) is 8.95. The smallest absolute Gasteiger partial charge is 0.179 e. The van der Waals surface area contributed by atoms with Gasteiger partial charge in [0.2, 0.25) is 0 Å². The molecule has 0 bridgehead atoms. The number of halogens is 2. The highest BCUT2D eigenvalue weighted by atomic mass is 35.5. The number of carbonyl (C=O) groups is 1. The van der Waals surface area contributed by atoms with Crippen molar-refractivity contribution in [2.24, 2.45) is 0 Å². The molecule has 0 spiro atoms. The van der Waals surface area contributed by atoms with E-state index in [1.807, 2.05) is 32.0 Å². The zero-order chi connectivity index (χ0) is 14.2. The van der Waals surface area contributed by atoms with Crippen LogP contribution in [0.2, 0.25) is 4.34 Å². The molecule has 2 rings (SSSR count). The van der Waals surface area contributed by atoms with Gasteiger partial charge in [0.1, 0.15) is 0 Å². The third kappa shape index (κ3) is 2.73. The number of ketones is 1. The second-order valence-electron chi connectivity index (χ2n) is 4.53. The number of aromatic nitrogens is 1. The van der Waals surface area contributed by atoms with E-state index in [0.717, 1.165) is 15.7 Å². The van der Waals surface area contributed by atoms with E-state index in [1.54, 1.807) is 11.3 Å². The third-order valence-electron chi connectivity index (χ3n) is 3.30. The van der Waals surface area contributed by atoms with E-state index < -0.39 is 0 Å². The molecular formula is C14H15Cl2NOS. The van der Waals surface area contributed by atoms with Crippen LogP contribution in [0.4, 0.5) is 0 Å². The Balaban J connectivity index is 2.45. The number of rotatable bonds is 4. The summed E-state index contributed by atoms with van der Waals surface area (Å²) >= 11 is 13.2. The molecule has 2 nitrogen and oxygen atoms in total. The Morgan fingerprint density at radius 3 is 2.63 bits per heavy atom. The average Bonchev–Trinajstić information content (AvgIpc) is 2.92. The minimum atomic E-state index is -0.0302. The lowest BCUT2D eigenvalue weighted by Gasteiger charge is -2.17. The van der Waals surface area contributed by atoms with Crippen LogP contribution >= 0.6 is 34.5 Å². The van der Waals surface area contributed by atoms with Crippen molar-refractivity contribution in [1.82, 2.24) is 4.57 Å². The van der Waals surface area contributed by atoms with E-state index in [0.29, 0.717) is 5.56 Å². The molecule has 102 valence electrons. The lowest BCUT2D eigenvalue weighted by Crippen LogP contribution is -2.10. The number of hydrogen-bond acceptors (Lipinski definition) is 2. The minimum Gasteiger partial charge on any atom is -0.341 e. The highest BCUT2D eigenvalue weighted by Crippen LogP contribution is 2.32. The topological polar surface area (TPSA) is 22.0 Å². The Bertz CT molecular complexity index is 615. The molecule has 0 radical (unpaired) electrons. The highest BCUT2D eigenvalue weighted by molar-refractivity contribution is 7.16. The molecule has 0 fully saturated rings. The molecule has 5 heteroatoms. The summed E-state index contributed by atoms with van der Waals surface area (Å²) in [6.45, 7) is 6.07. The molecule has 0 aliphatic heterocycles. The Hall–Kier alpha value is -0.770. The molecular weight excluding hydrogens is 301 g/mol. The van der Waals surface area contributed by atoms with Crippen molar-refractivity contribution in [3.63, 3.8) is 0 Å². The van der Waals surface area contributed by atoms with Crippen molar-refractivity contribution in [2.75, 3.05) is 5.88 Å². The molecule has 0 saturated heterocycles. The Morgan fingerprint density at radius 2 is 2.11 bits per heavy atom. The van der Waals surface area contributed by atoms with E-state index in [1.165, 1.54) is 4.88 Å². The van der Waals surface area contributed by atoms with Crippen LogP contribution in [-0.4, -0.2) is 16.2 Å². The number of aryl methyl sites for hydroxylation is 1. The van der Waals surface area contributed by atoms with Gasteiger partial charge in [0.15, 0.2) is 5.78 Å². The fraction of sp³-hybridized carbons (Fsp3) is 0.357. The maximum atomic E-state index is 11.8. The molecule has 0 saturated carbocycles. The van der Waals surface area contributed by atoms with Gasteiger partial charge in [-0.25, -0.2) is 0 Å². The van der Waals surface area contributed by atoms with Gasteiger partial charge in [-0.1, -0.05) is 11.6 Å². The molecule has 0 amide bonds. The van der Waals surface area contributed by atoms with Crippen molar-refractivity contribution in [3.8, 4) is 0 Å². The normalized spacial score (nSPS) is 12.7. The molecule has 0 N–H and O–H groups in total. The SMILES string of the molecule is Cc1cc(C(=O)CCl)c(C)n1C(C)c1ccc(Cl)s1. The van der Waals surface area contributed by atoms with E-state index >= 15 is 0 Å². The predicted octanol–water partition coefficient (Wildman–Crippen LogP) is 4.85. The number of nitrogens with zero attached hydrogens (tertiary/aromatic N) is 1. The minimum absolute atomic E-state index is 0.0174. The maximum absolute atomic E-state index is 11.8. The second-order valence-corrected chi connectivity index (χ2v) is 6.54. The first kappa shape index (κ1) is 14.6. The zero-order valence-electron chi connectivity index (χ0n) is 11.0. The van der Waals surface area contributed by atoms with Crippen molar-refractivity contribution in [3.05, 3.63) is 44.4 Å². The van der Waals surface area contributed by atoms with Gasteiger partial charge in [-0.2, -0.15) is 0 Å². The van der Waals surface area contributed by atoms with Crippen LogP contribution in [0.5, 0.6) is 0 Å². The van der Waals surface area contributed by atoms with E-state index in [9.17, 15) is 4.79 Å². The number of carbonyl (C=O) groups excluding carboxylic acids is 1. The molecule has 0 aliphatic rings. The van der Waals surface area contributed by atoms with Crippen molar-refractivity contribution < 1.29 is 4.79 Å². The zero-order valence-corrected chi connectivity index (χ0v) is 13.4. The number of alkyl halides is 1. The van der Waals surface area contributed by atoms with Crippen molar-refractivity contribution >= 4 is 40.3 Å². The lowest BCUT2D eigenvalue weighted by molar-refractivity contribution is 0.102. The summed E-state index contributed by atoms with van der Waals surface area (Å²) in [5, 5.41) is 0. The standard InChI is InChI=1S/C14H15Cl2NOS/c1-8-6-11(12(18)7-15)9(2)17(8)10(3)13-4-5-14(16)19-13/h4-6,10H,7H2,1-3H3. The predicted molar refractivity (Wildman–Crippen MR) is 82.1 cm³/mol. The monoisotopic (exact) mass is 315 g/mol. The molecule has 0 aliphatic carbocycles. The van der Waals surface area contributed by atoms with Gasteiger partial charge in [0, 0.05) is 21.8 Å². The van der Waals surface area contributed by atoms with Crippen molar-refractivity contribution in [2.45, 2.75) is 26.8 Å². The van der Waals surface area contributed by atoms with E-state index in [2.05, 4.69) is 11.5 Å². The Morgan fingerprint density at radius 1 is 1.42 bits per heavy atom. The first-order valence-corrected chi connectivity index (χ1v) is 7.71. The molecule has 1 atom stereocenters. The third-order valence-corrected chi connectivity index (χ3v) is 4.94. The van der Waals surface area contributed by atoms with Crippen LogP contribution in [0, 0.1) is 13.8 Å². The van der Waals surface area contributed by atoms with Crippen LogP contribution in [0.3, 0.4) is 0 Å². The molecule has 19 heavy (non-hydrogen) atoms. The largest absolute Gasteiger partial charge is 0.341 e. The van der Waals surface area contributed by atoms with Crippen LogP contribution in [0.25, 0.3) is 0 Å². The quantitative estimate of drug-likeness (QED) is 0.584. The van der Waals surface area contributed by atoms with Gasteiger partial charge in [-0.3, -0.25) is 4.79 Å². The number of thiophene rings is 1. The van der Waals surface area contributed by atoms with Crippen molar-refractivity contribution in [1.29, 1.82) is 0 Å². The summed E-state index contributed by atoms with van der Waals surface area (Å²) in [5.41, 5.74) is 2.73. The highest BCUT2D eigenvalue weighted by Gasteiger charge is 2.19. The molecule has 2 heterocycles. The average molecular weight is 316 g/mol. The van der Waals surface area contributed by atoms with E-state index in [4.69, 9.17) is 23.2 Å². The summed E-state index contributed by atoms with van der Waals surface area (Å²) in [6.07, 6.45) is 0. The van der Waals surface area contributed by atoms with E-state index in [-0.39, 0.29) is 17.7 Å². The fourth-order valence-corrected chi connectivity index (χ4v) is 3.65. The molecule has 0 aromatic carbocycles. The Labute approximate surface area is 127 Å². The van der Waals surface area contributed by atoms with Crippen LogP contribution in [-0.2, 0) is 0 Å². The van der Waals surface area contributed by atoms with Gasteiger partial charge >= 0.3 is 0 Å². The van der Waals surface area contributed by atoms with Crippen LogP contribution in [0.15, 0.2) is 18.2 Å². The molecule has 2 aromatic rings. The van der Waals surface area contributed by atoms with Crippen LogP contribution in [0.1, 0.15) is 39.6 Å². The summed E-state index contributed by atoms with van der Waals surface area (Å²) in [7, 11) is 0. The number of hydrogen-bond donors (Lipinski definition) is 0. The summed E-state index contributed by atoms with van der Waals surface area (Å²) in [4.78, 5) is 13.0. The summed E-state index contributed by atoms with van der Waals surface area (Å²) in [6, 6.07) is 6.00. The van der Waals surface area contributed by atoms with Gasteiger partial charge in [-0.05, 0) is 39.0 Å². The maximum Gasteiger partial charge on any atom is 0.179 e. The first-order valence-electron chi connectivity index (χ1n) is 5.98.